The van der Waals surface area contributed by atoms with Crippen molar-refractivity contribution in [1.29, 1.82) is 0 Å². The lowest BCUT2D eigenvalue weighted by Gasteiger charge is -2.08. The second kappa shape index (κ2) is 8.12. The molecule has 0 aliphatic rings. The Morgan fingerprint density at radius 3 is 2.63 bits per heavy atom. The SMILES string of the molecule is CCCNc1ccc([N+](=O)[O-])cc1-c1nc2cc(-c3ccc(F)c(Cl)c3)ccc2o1. The van der Waals surface area contributed by atoms with Gasteiger partial charge in [-0.2, -0.15) is 0 Å². The number of halogens is 2. The molecule has 1 aromatic heterocycles. The van der Waals surface area contributed by atoms with Gasteiger partial charge in [-0.1, -0.05) is 30.7 Å². The van der Waals surface area contributed by atoms with Gasteiger partial charge in [0.15, 0.2) is 5.58 Å². The number of nitrogens with zero attached hydrogens (tertiary/aromatic N) is 2. The predicted octanol–water partition coefficient (Wildman–Crippen LogP) is 6.68. The van der Waals surface area contributed by atoms with Crippen molar-refractivity contribution < 1.29 is 13.7 Å². The summed E-state index contributed by atoms with van der Waals surface area (Å²) in [6.07, 6.45) is 0.896. The molecule has 0 atom stereocenters. The highest BCUT2D eigenvalue weighted by atomic mass is 35.5. The van der Waals surface area contributed by atoms with Crippen LogP contribution in [-0.2, 0) is 0 Å². The monoisotopic (exact) mass is 425 g/mol. The maximum atomic E-state index is 13.5. The summed E-state index contributed by atoms with van der Waals surface area (Å²) in [4.78, 5) is 15.3. The van der Waals surface area contributed by atoms with Crippen molar-refractivity contribution in [3.8, 4) is 22.6 Å². The fraction of sp³-hybridized carbons (Fsp3) is 0.136. The minimum atomic E-state index is -0.483. The van der Waals surface area contributed by atoms with Gasteiger partial charge in [0.2, 0.25) is 5.89 Å². The molecule has 0 saturated carbocycles. The fourth-order valence-corrected chi connectivity index (χ4v) is 3.31. The summed E-state index contributed by atoms with van der Waals surface area (Å²) < 4.78 is 19.3. The average molecular weight is 426 g/mol. The molecule has 0 bridgehead atoms. The standard InChI is InChI=1S/C22H17ClFN3O3/c1-2-9-25-19-7-5-15(27(28)29)12-16(19)22-26-20-11-14(4-8-21(20)30-22)13-3-6-18(24)17(23)10-13/h3-8,10-12,25H,2,9H2,1H3. The molecule has 0 saturated heterocycles. The number of nitrogens with one attached hydrogen (secondary N) is 1. The minimum Gasteiger partial charge on any atom is -0.436 e. The second-order valence-electron chi connectivity index (χ2n) is 6.74. The first-order chi connectivity index (χ1) is 14.5. The summed E-state index contributed by atoms with van der Waals surface area (Å²) in [5.74, 6) is -0.204. The van der Waals surface area contributed by atoms with E-state index < -0.39 is 10.7 Å². The molecule has 4 aromatic rings. The third-order valence-corrected chi connectivity index (χ3v) is 4.94. The van der Waals surface area contributed by atoms with Crippen LogP contribution >= 0.6 is 11.6 Å². The van der Waals surface area contributed by atoms with E-state index in [0.717, 1.165) is 17.5 Å². The molecule has 30 heavy (non-hydrogen) atoms. The van der Waals surface area contributed by atoms with Crippen molar-refractivity contribution in [3.63, 3.8) is 0 Å². The Bertz CT molecular complexity index is 1260. The number of fused-ring (bicyclic) bond motifs is 1. The molecule has 3 aromatic carbocycles. The largest absolute Gasteiger partial charge is 0.436 e. The third kappa shape index (κ3) is 3.84. The Hall–Kier alpha value is -3.45. The van der Waals surface area contributed by atoms with Crippen LogP contribution in [-0.4, -0.2) is 16.5 Å². The Labute approximate surface area is 176 Å². The van der Waals surface area contributed by atoms with Crippen molar-refractivity contribution in [2.75, 3.05) is 11.9 Å². The van der Waals surface area contributed by atoms with Gasteiger partial charge in [-0.25, -0.2) is 9.37 Å². The van der Waals surface area contributed by atoms with E-state index in [0.29, 0.717) is 28.9 Å². The number of oxazole rings is 1. The highest BCUT2D eigenvalue weighted by Crippen LogP contribution is 2.35. The molecule has 8 heteroatoms. The number of nitro groups is 1. The van der Waals surface area contributed by atoms with Crippen molar-refractivity contribution >= 4 is 34.1 Å². The zero-order valence-corrected chi connectivity index (χ0v) is 16.7. The fourth-order valence-electron chi connectivity index (χ4n) is 3.13. The van der Waals surface area contributed by atoms with Crippen LogP contribution in [0.3, 0.4) is 0 Å². The maximum absolute atomic E-state index is 13.5. The number of aromatic nitrogens is 1. The van der Waals surface area contributed by atoms with Crippen molar-refractivity contribution in [3.05, 3.63) is 75.6 Å². The topological polar surface area (TPSA) is 81.2 Å². The smallest absolute Gasteiger partial charge is 0.270 e. The summed E-state index contributed by atoms with van der Waals surface area (Å²) in [6.45, 7) is 2.74. The third-order valence-electron chi connectivity index (χ3n) is 4.65. The van der Waals surface area contributed by atoms with Gasteiger partial charge in [0.05, 0.1) is 15.5 Å². The van der Waals surface area contributed by atoms with Gasteiger partial charge in [-0.05, 0) is 47.9 Å². The lowest BCUT2D eigenvalue weighted by Crippen LogP contribution is -2.02. The van der Waals surface area contributed by atoms with Crippen LogP contribution in [0, 0.1) is 15.9 Å². The molecule has 0 radical (unpaired) electrons. The zero-order chi connectivity index (χ0) is 21.3. The molecule has 0 fully saturated rings. The molecule has 152 valence electrons. The zero-order valence-electron chi connectivity index (χ0n) is 16.0. The van der Waals surface area contributed by atoms with E-state index in [1.54, 1.807) is 24.3 Å². The number of nitro benzene ring substituents is 1. The van der Waals surface area contributed by atoms with Gasteiger partial charge in [0.25, 0.3) is 5.69 Å². The number of benzene rings is 3. The molecule has 1 heterocycles. The van der Waals surface area contributed by atoms with Gasteiger partial charge < -0.3 is 9.73 Å². The molecule has 6 nitrogen and oxygen atoms in total. The Kier molecular flexibility index (Phi) is 5.37. The number of rotatable bonds is 6. The molecule has 0 aliphatic heterocycles. The van der Waals surface area contributed by atoms with Crippen molar-refractivity contribution in [2.24, 2.45) is 0 Å². The first-order valence-corrected chi connectivity index (χ1v) is 9.72. The molecule has 0 aliphatic carbocycles. The average Bonchev–Trinajstić information content (AvgIpc) is 3.17. The molecular formula is C22H17ClFN3O3. The molecule has 4 rings (SSSR count). The van der Waals surface area contributed by atoms with Gasteiger partial charge in [-0.3, -0.25) is 10.1 Å². The van der Waals surface area contributed by atoms with Crippen LogP contribution in [0.4, 0.5) is 15.8 Å². The lowest BCUT2D eigenvalue weighted by molar-refractivity contribution is -0.384. The highest BCUT2D eigenvalue weighted by Gasteiger charge is 2.17. The molecule has 0 unspecified atom stereocenters. The van der Waals surface area contributed by atoms with E-state index in [9.17, 15) is 14.5 Å². The highest BCUT2D eigenvalue weighted by molar-refractivity contribution is 6.31. The lowest BCUT2D eigenvalue weighted by atomic mass is 10.1. The first-order valence-electron chi connectivity index (χ1n) is 9.35. The van der Waals surface area contributed by atoms with Crippen molar-refractivity contribution in [2.45, 2.75) is 13.3 Å². The van der Waals surface area contributed by atoms with E-state index >= 15 is 0 Å². The van der Waals surface area contributed by atoms with E-state index in [1.165, 1.54) is 18.2 Å². The quantitative estimate of drug-likeness (QED) is 0.275. The first kappa shape index (κ1) is 19.8. The minimum absolute atomic E-state index is 0.0386. The van der Waals surface area contributed by atoms with Crippen LogP contribution < -0.4 is 5.32 Å². The Balaban J connectivity index is 1.79. The molecular weight excluding hydrogens is 409 g/mol. The van der Waals surface area contributed by atoms with Crippen LogP contribution in [0.15, 0.2) is 59.0 Å². The van der Waals surface area contributed by atoms with E-state index in [4.69, 9.17) is 16.0 Å². The van der Waals surface area contributed by atoms with Crippen LogP contribution in [0.1, 0.15) is 13.3 Å². The van der Waals surface area contributed by atoms with Crippen LogP contribution in [0.5, 0.6) is 0 Å². The van der Waals surface area contributed by atoms with Crippen LogP contribution in [0.2, 0.25) is 5.02 Å². The Morgan fingerprint density at radius 1 is 1.13 bits per heavy atom. The number of anilines is 1. The second-order valence-corrected chi connectivity index (χ2v) is 7.15. The molecule has 0 spiro atoms. The van der Waals surface area contributed by atoms with Gasteiger partial charge >= 0.3 is 0 Å². The molecule has 0 amide bonds. The van der Waals surface area contributed by atoms with Gasteiger partial charge in [0, 0.05) is 24.4 Å². The van der Waals surface area contributed by atoms with Gasteiger partial charge in [-0.15, -0.1) is 0 Å². The van der Waals surface area contributed by atoms with Crippen molar-refractivity contribution in [1.82, 2.24) is 4.98 Å². The summed E-state index contributed by atoms with van der Waals surface area (Å²) in [5.41, 5.74) is 3.84. The van der Waals surface area contributed by atoms with E-state index in [2.05, 4.69) is 10.3 Å². The number of hydrogen-bond donors (Lipinski definition) is 1. The van der Waals surface area contributed by atoms with E-state index in [-0.39, 0.29) is 16.6 Å². The van der Waals surface area contributed by atoms with Gasteiger partial charge in [0.1, 0.15) is 11.3 Å². The predicted molar refractivity (Wildman–Crippen MR) is 115 cm³/mol. The summed E-state index contributed by atoms with van der Waals surface area (Å²) >= 11 is 5.89. The number of non-ortho nitro benzene ring substituents is 1. The molecule has 1 N–H and O–H groups in total. The summed E-state index contributed by atoms with van der Waals surface area (Å²) in [7, 11) is 0. The Morgan fingerprint density at radius 2 is 1.90 bits per heavy atom. The normalized spacial score (nSPS) is 11.0. The summed E-state index contributed by atoms with van der Waals surface area (Å²) in [5, 5.41) is 14.5. The summed E-state index contributed by atoms with van der Waals surface area (Å²) in [6, 6.07) is 14.4. The van der Waals surface area contributed by atoms with E-state index in [1.807, 2.05) is 19.1 Å². The maximum Gasteiger partial charge on any atom is 0.270 e. The van der Waals surface area contributed by atoms with Crippen LogP contribution in [0.25, 0.3) is 33.7 Å². The number of hydrogen-bond acceptors (Lipinski definition) is 5.